The first-order valence-corrected chi connectivity index (χ1v) is 13.3. The van der Waals surface area contributed by atoms with Crippen LogP contribution in [0.5, 0.6) is 5.75 Å². The van der Waals surface area contributed by atoms with Gasteiger partial charge in [-0.2, -0.15) is 17.5 Å². The molecule has 13 heteroatoms. The van der Waals surface area contributed by atoms with Crippen molar-refractivity contribution in [2.24, 2.45) is 0 Å². The Morgan fingerprint density at radius 1 is 1.10 bits per heavy atom. The molecule has 0 spiro atoms. The fraction of sp³-hybridized carbons (Fsp3) is 0.269. The molecule has 0 bridgehead atoms. The summed E-state index contributed by atoms with van der Waals surface area (Å²) in [7, 11) is -3.42. The highest BCUT2D eigenvalue weighted by molar-refractivity contribution is 7.89. The van der Waals surface area contributed by atoms with E-state index in [1.807, 2.05) is 37.3 Å². The number of benzene rings is 1. The van der Waals surface area contributed by atoms with Crippen LogP contribution in [0.15, 0.2) is 66.0 Å². The molecule has 0 aliphatic carbocycles. The van der Waals surface area contributed by atoms with Crippen molar-refractivity contribution < 1.29 is 36.2 Å². The van der Waals surface area contributed by atoms with Gasteiger partial charge in [0, 0.05) is 30.9 Å². The maximum atomic E-state index is 12.8. The summed E-state index contributed by atoms with van der Waals surface area (Å²) < 4.78 is 64.8. The summed E-state index contributed by atoms with van der Waals surface area (Å²) in [6.07, 6.45) is 1.99. The van der Waals surface area contributed by atoms with Crippen LogP contribution in [0.3, 0.4) is 0 Å². The predicted octanol–water partition coefficient (Wildman–Crippen LogP) is 4.93. The molecule has 1 fully saturated rings. The lowest BCUT2D eigenvalue weighted by molar-refractivity contribution is -0.192. The van der Waals surface area contributed by atoms with E-state index >= 15 is 0 Å². The SMILES string of the molecule is Cc1cncc(OCc2cc3c(-c4ccc(S(=O)(=O)N5CCCC5)cc4)ccnc3[nH]2)c1.O=C(O)C(F)(F)F. The van der Waals surface area contributed by atoms with Crippen LogP contribution in [0.4, 0.5) is 13.2 Å². The molecule has 3 aromatic heterocycles. The van der Waals surface area contributed by atoms with Crippen molar-refractivity contribution in [2.75, 3.05) is 13.1 Å². The number of halogens is 3. The van der Waals surface area contributed by atoms with Gasteiger partial charge in [-0.1, -0.05) is 12.1 Å². The Morgan fingerprint density at radius 3 is 2.38 bits per heavy atom. The summed E-state index contributed by atoms with van der Waals surface area (Å²) >= 11 is 0. The molecule has 4 aromatic rings. The summed E-state index contributed by atoms with van der Waals surface area (Å²) in [5.74, 6) is -2.04. The number of hydrogen-bond donors (Lipinski definition) is 2. The number of alkyl halides is 3. The second kappa shape index (κ2) is 11.4. The topological polar surface area (TPSA) is 125 Å². The van der Waals surface area contributed by atoms with E-state index in [0.717, 1.165) is 46.3 Å². The van der Waals surface area contributed by atoms with Crippen molar-refractivity contribution in [1.29, 1.82) is 0 Å². The number of carbonyl (C=O) groups is 1. The predicted molar refractivity (Wildman–Crippen MR) is 137 cm³/mol. The molecular formula is C26H25F3N4O5S. The fourth-order valence-corrected chi connectivity index (χ4v) is 5.58. The molecule has 0 amide bonds. The second-order valence-corrected chi connectivity index (χ2v) is 10.8. The van der Waals surface area contributed by atoms with E-state index in [9.17, 15) is 21.6 Å². The molecule has 39 heavy (non-hydrogen) atoms. The maximum Gasteiger partial charge on any atom is 0.490 e. The standard InChI is InChI=1S/C24H24N4O3S.C2HF3O2/c1-17-12-20(15-25-14-17)31-16-19-13-23-22(8-9-26-24(23)27-19)18-4-6-21(7-5-18)32(29,30)28-10-2-3-11-28;3-2(4,5)1(6)7/h4-9,12-15H,2-3,10-11,16H2,1H3,(H,26,27);(H,6,7). The minimum Gasteiger partial charge on any atom is -0.486 e. The molecule has 1 saturated heterocycles. The molecule has 1 aromatic carbocycles. The normalized spacial score (nSPS) is 14.2. The highest BCUT2D eigenvalue weighted by atomic mass is 32.2. The van der Waals surface area contributed by atoms with Gasteiger partial charge in [0.2, 0.25) is 10.0 Å². The van der Waals surface area contributed by atoms with E-state index in [2.05, 4.69) is 15.0 Å². The van der Waals surface area contributed by atoms with Crippen LogP contribution in [0, 0.1) is 6.92 Å². The number of carboxylic acids is 1. The number of aliphatic carboxylic acids is 1. The van der Waals surface area contributed by atoms with Crippen molar-refractivity contribution in [2.45, 2.75) is 37.4 Å². The lowest BCUT2D eigenvalue weighted by Crippen LogP contribution is -2.27. The number of fused-ring (bicyclic) bond motifs is 1. The van der Waals surface area contributed by atoms with Crippen LogP contribution in [-0.4, -0.2) is 58.0 Å². The fourth-order valence-electron chi connectivity index (χ4n) is 4.06. The number of aromatic nitrogens is 3. The molecule has 0 atom stereocenters. The number of aromatic amines is 1. The molecule has 4 heterocycles. The summed E-state index contributed by atoms with van der Waals surface area (Å²) in [4.78, 5) is 21.1. The molecule has 0 radical (unpaired) electrons. The molecular weight excluding hydrogens is 537 g/mol. The largest absolute Gasteiger partial charge is 0.490 e. The van der Waals surface area contributed by atoms with Gasteiger partial charge < -0.3 is 14.8 Å². The number of sulfonamides is 1. The van der Waals surface area contributed by atoms with Crippen molar-refractivity contribution in [3.05, 3.63) is 72.3 Å². The van der Waals surface area contributed by atoms with Crippen molar-refractivity contribution in [3.8, 4) is 16.9 Å². The first-order chi connectivity index (χ1) is 18.4. The Bertz CT molecular complexity index is 1560. The molecule has 5 rings (SSSR count). The van der Waals surface area contributed by atoms with E-state index in [1.165, 1.54) is 0 Å². The zero-order valence-corrected chi connectivity index (χ0v) is 21.6. The van der Waals surface area contributed by atoms with Gasteiger partial charge in [-0.05, 0) is 66.8 Å². The van der Waals surface area contributed by atoms with Gasteiger partial charge in [-0.25, -0.2) is 18.2 Å². The van der Waals surface area contributed by atoms with E-state index in [-0.39, 0.29) is 0 Å². The van der Waals surface area contributed by atoms with E-state index in [1.54, 1.807) is 35.0 Å². The van der Waals surface area contributed by atoms with Crippen LogP contribution < -0.4 is 4.74 Å². The van der Waals surface area contributed by atoms with Crippen LogP contribution in [0.1, 0.15) is 24.1 Å². The van der Waals surface area contributed by atoms with Gasteiger partial charge in [0.15, 0.2) is 0 Å². The van der Waals surface area contributed by atoms with Crippen LogP contribution in [-0.2, 0) is 21.4 Å². The first-order valence-electron chi connectivity index (χ1n) is 11.9. The van der Waals surface area contributed by atoms with Gasteiger partial charge >= 0.3 is 12.1 Å². The number of ether oxygens (including phenoxy) is 1. The summed E-state index contributed by atoms with van der Waals surface area (Å²) in [6, 6.07) is 13.0. The number of rotatable bonds is 6. The third kappa shape index (κ3) is 6.73. The maximum absolute atomic E-state index is 12.8. The Hall–Kier alpha value is -3.97. The molecule has 0 unspecified atom stereocenters. The Morgan fingerprint density at radius 2 is 1.77 bits per heavy atom. The van der Waals surface area contributed by atoms with Crippen molar-refractivity contribution in [3.63, 3.8) is 0 Å². The minimum absolute atomic E-state index is 0.336. The lowest BCUT2D eigenvalue weighted by Gasteiger charge is -2.15. The minimum atomic E-state index is -5.08. The average molecular weight is 563 g/mol. The Balaban J connectivity index is 0.000000448. The molecule has 0 saturated carbocycles. The zero-order valence-electron chi connectivity index (χ0n) is 20.8. The molecule has 206 valence electrons. The molecule has 1 aliphatic heterocycles. The number of aryl methyl sites for hydroxylation is 1. The smallest absolute Gasteiger partial charge is 0.486 e. The lowest BCUT2D eigenvalue weighted by atomic mass is 10.0. The molecule has 2 N–H and O–H groups in total. The van der Waals surface area contributed by atoms with E-state index < -0.39 is 22.2 Å². The number of pyridine rings is 2. The van der Waals surface area contributed by atoms with Gasteiger partial charge in [-0.15, -0.1) is 0 Å². The summed E-state index contributed by atoms with van der Waals surface area (Å²) in [5.41, 5.74) is 4.62. The number of H-pyrrole nitrogens is 1. The number of nitrogens with zero attached hydrogens (tertiary/aromatic N) is 3. The van der Waals surface area contributed by atoms with Gasteiger partial charge in [0.05, 0.1) is 16.8 Å². The molecule has 1 aliphatic rings. The van der Waals surface area contributed by atoms with Crippen molar-refractivity contribution in [1.82, 2.24) is 19.3 Å². The van der Waals surface area contributed by atoms with Crippen LogP contribution >= 0.6 is 0 Å². The van der Waals surface area contributed by atoms with Gasteiger partial charge in [-0.3, -0.25) is 4.98 Å². The summed E-state index contributed by atoms with van der Waals surface area (Å²) in [6.45, 7) is 3.54. The average Bonchev–Trinajstić information content (AvgIpc) is 3.58. The highest BCUT2D eigenvalue weighted by Crippen LogP contribution is 2.30. The Labute approximate surface area is 222 Å². The second-order valence-electron chi connectivity index (χ2n) is 8.84. The number of hydrogen-bond acceptors (Lipinski definition) is 6. The quantitative estimate of drug-likeness (QED) is 0.341. The van der Waals surface area contributed by atoms with Crippen molar-refractivity contribution >= 4 is 27.0 Å². The third-order valence-electron chi connectivity index (χ3n) is 5.94. The summed E-state index contributed by atoms with van der Waals surface area (Å²) in [5, 5.41) is 8.09. The van der Waals surface area contributed by atoms with E-state index in [0.29, 0.717) is 30.3 Å². The highest BCUT2D eigenvalue weighted by Gasteiger charge is 2.38. The Kier molecular flexibility index (Phi) is 8.21. The third-order valence-corrected chi connectivity index (χ3v) is 7.86. The van der Waals surface area contributed by atoms with Gasteiger partial charge in [0.25, 0.3) is 0 Å². The zero-order chi connectivity index (χ0) is 28.2. The number of carboxylic acid groups (broad SMARTS) is 1. The van der Waals surface area contributed by atoms with Crippen LogP contribution in [0.2, 0.25) is 0 Å². The van der Waals surface area contributed by atoms with Gasteiger partial charge in [0.1, 0.15) is 18.0 Å². The number of nitrogens with one attached hydrogen (secondary N) is 1. The van der Waals surface area contributed by atoms with Crippen LogP contribution in [0.25, 0.3) is 22.2 Å². The van der Waals surface area contributed by atoms with E-state index in [4.69, 9.17) is 14.6 Å². The molecule has 9 nitrogen and oxygen atoms in total. The first kappa shape index (κ1) is 28.0. The monoisotopic (exact) mass is 562 g/mol.